The molecule has 3 aliphatic rings. The molecule has 2 N–H and O–H groups in total. The van der Waals surface area contributed by atoms with Crippen molar-refractivity contribution in [1.29, 1.82) is 0 Å². The van der Waals surface area contributed by atoms with Crippen molar-refractivity contribution in [3.63, 3.8) is 0 Å². The van der Waals surface area contributed by atoms with E-state index in [1.807, 2.05) is 6.07 Å². The molecule has 0 radical (unpaired) electrons. The Bertz CT molecular complexity index is 1720. The molecule has 1 aliphatic heterocycles. The smallest absolute Gasteiger partial charge is 0.172 e. The predicted molar refractivity (Wildman–Crippen MR) is 150 cm³/mol. The van der Waals surface area contributed by atoms with Gasteiger partial charge in [-0.2, -0.15) is 0 Å². The zero-order chi connectivity index (χ0) is 26.0. The second-order valence-electron chi connectivity index (χ2n) is 11.1. The van der Waals surface area contributed by atoms with Crippen LogP contribution in [-0.2, 0) is 15.0 Å². The summed E-state index contributed by atoms with van der Waals surface area (Å²) < 4.78 is 13.8. The van der Waals surface area contributed by atoms with E-state index in [2.05, 4.69) is 93.6 Å². The van der Waals surface area contributed by atoms with E-state index in [-0.39, 0.29) is 0 Å². The molecule has 5 aromatic rings. The standard InChI is InChI=1S/C32H29N5O2/c33-31(19-32(20-31)38-16-17-39-32)24-12-10-22(11-13-24)28-25(21-6-2-1-3-7-21)18-26-27(34-28)14-15-37-29(35-36-30(26)37)23-8-4-5-9-23/h1-7,10-15,18,23H,8-9,16-17,19-20,33H2. The van der Waals surface area contributed by atoms with Gasteiger partial charge in [0.2, 0.25) is 0 Å². The molecule has 1 saturated carbocycles. The van der Waals surface area contributed by atoms with E-state index in [4.69, 9.17) is 20.2 Å². The van der Waals surface area contributed by atoms with Crippen LogP contribution < -0.4 is 5.73 Å². The number of pyridine rings is 2. The first-order valence-corrected chi connectivity index (χ1v) is 13.7. The van der Waals surface area contributed by atoms with Crippen LogP contribution in [0, 0.1) is 0 Å². The number of hydrogen-bond donors (Lipinski definition) is 1. The first-order chi connectivity index (χ1) is 19.1. The van der Waals surface area contributed by atoms with Crippen LogP contribution in [0.3, 0.4) is 0 Å². The molecule has 2 aromatic carbocycles. The zero-order valence-electron chi connectivity index (χ0n) is 21.6. The van der Waals surface area contributed by atoms with Crippen LogP contribution in [0.15, 0.2) is 85.1 Å². The Morgan fingerprint density at radius 1 is 0.846 bits per heavy atom. The summed E-state index contributed by atoms with van der Waals surface area (Å²) in [4.78, 5) is 5.20. The number of hydrogen-bond acceptors (Lipinski definition) is 6. The predicted octanol–water partition coefficient (Wildman–Crippen LogP) is 5.74. The SMILES string of the molecule is NC1(c2ccc(-c3nc4ccn5c(C6CC=CC6)nnc5c4cc3-c3ccccc3)cc2)CC2(C1)OCCO2. The van der Waals surface area contributed by atoms with Crippen molar-refractivity contribution in [3.05, 3.63) is 96.5 Å². The molecule has 4 heterocycles. The average Bonchev–Trinajstić information content (AvgIpc) is 3.74. The lowest BCUT2D eigenvalue weighted by Crippen LogP contribution is -2.60. The molecule has 1 saturated heterocycles. The lowest BCUT2D eigenvalue weighted by Gasteiger charge is -2.50. The van der Waals surface area contributed by atoms with E-state index in [0.717, 1.165) is 63.2 Å². The average molecular weight is 516 g/mol. The van der Waals surface area contributed by atoms with Crippen molar-refractivity contribution < 1.29 is 9.47 Å². The third kappa shape index (κ3) is 3.65. The van der Waals surface area contributed by atoms with Crippen molar-refractivity contribution >= 4 is 16.6 Å². The number of allylic oxidation sites excluding steroid dienone is 2. The lowest BCUT2D eigenvalue weighted by molar-refractivity contribution is -0.239. The minimum Gasteiger partial charge on any atom is -0.347 e. The molecule has 7 nitrogen and oxygen atoms in total. The van der Waals surface area contributed by atoms with Gasteiger partial charge in [-0.05, 0) is 36.1 Å². The van der Waals surface area contributed by atoms with Crippen LogP contribution in [0.4, 0.5) is 0 Å². The molecule has 0 bridgehead atoms. The van der Waals surface area contributed by atoms with E-state index in [0.29, 0.717) is 32.0 Å². The Kier molecular flexibility index (Phi) is 5.04. The number of benzene rings is 2. The van der Waals surface area contributed by atoms with E-state index in [1.165, 1.54) is 0 Å². The number of fused-ring (bicyclic) bond motifs is 3. The summed E-state index contributed by atoms with van der Waals surface area (Å²) in [5, 5.41) is 10.2. The first kappa shape index (κ1) is 23.0. The van der Waals surface area contributed by atoms with Gasteiger partial charge in [-0.3, -0.25) is 4.40 Å². The van der Waals surface area contributed by atoms with Crippen LogP contribution in [0.1, 0.15) is 43.0 Å². The molecule has 7 heteroatoms. The van der Waals surface area contributed by atoms with Crippen LogP contribution in [0.5, 0.6) is 0 Å². The van der Waals surface area contributed by atoms with Gasteiger partial charge < -0.3 is 15.2 Å². The molecule has 1 spiro atoms. The van der Waals surface area contributed by atoms with Gasteiger partial charge in [-0.25, -0.2) is 4.98 Å². The Labute approximate surface area is 226 Å². The van der Waals surface area contributed by atoms with Gasteiger partial charge >= 0.3 is 0 Å². The van der Waals surface area contributed by atoms with E-state index >= 15 is 0 Å². The molecule has 8 rings (SSSR count). The van der Waals surface area contributed by atoms with Gasteiger partial charge in [0, 0.05) is 41.5 Å². The summed E-state index contributed by atoms with van der Waals surface area (Å²) in [6.07, 6.45) is 9.88. The summed E-state index contributed by atoms with van der Waals surface area (Å²) >= 11 is 0. The monoisotopic (exact) mass is 515 g/mol. The minimum atomic E-state index is -0.491. The molecule has 0 atom stereocenters. The van der Waals surface area contributed by atoms with Gasteiger partial charge in [0.15, 0.2) is 11.4 Å². The highest BCUT2D eigenvalue weighted by atomic mass is 16.7. The third-order valence-electron chi connectivity index (χ3n) is 8.57. The summed E-state index contributed by atoms with van der Waals surface area (Å²) in [5.41, 5.74) is 13.3. The van der Waals surface area contributed by atoms with Gasteiger partial charge in [-0.15, -0.1) is 10.2 Å². The maximum atomic E-state index is 6.77. The molecule has 194 valence electrons. The molecular formula is C32H29N5O2. The summed E-state index contributed by atoms with van der Waals surface area (Å²) in [7, 11) is 0. The Balaban J connectivity index is 1.22. The highest BCUT2D eigenvalue weighted by molar-refractivity contribution is 5.98. The number of ether oxygens (including phenoxy) is 2. The number of nitrogens with two attached hydrogens (primary N) is 1. The Morgan fingerprint density at radius 3 is 2.33 bits per heavy atom. The van der Waals surface area contributed by atoms with Crippen LogP contribution in [0.2, 0.25) is 0 Å². The fourth-order valence-corrected chi connectivity index (χ4v) is 6.55. The highest BCUT2D eigenvalue weighted by Gasteiger charge is 2.57. The van der Waals surface area contributed by atoms with Crippen molar-refractivity contribution in [2.45, 2.75) is 42.9 Å². The van der Waals surface area contributed by atoms with Crippen molar-refractivity contribution in [2.24, 2.45) is 5.73 Å². The van der Waals surface area contributed by atoms with Gasteiger partial charge in [-0.1, -0.05) is 66.7 Å². The summed E-state index contributed by atoms with van der Waals surface area (Å²) in [5.74, 6) is 0.898. The number of aromatic nitrogens is 4. The second kappa shape index (κ2) is 8.55. The van der Waals surface area contributed by atoms with E-state index in [9.17, 15) is 0 Å². The van der Waals surface area contributed by atoms with E-state index < -0.39 is 11.3 Å². The molecule has 3 aromatic heterocycles. The second-order valence-corrected chi connectivity index (χ2v) is 11.1. The topological polar surface area (TPSA) is 87.6 Å². The zero-order valence-corrected chi connectivity index (χ0v) is 21.6. The quantitative estimate of drug-likeness (QED) is 0.307. The summed E-state index contributed by atoms with van der Waals surface area (Å²) in [6, 6.07) is 23.2. The van der Waals surface area contributed by atoms with Crippen molar-refractivity contribution in [1.82, 2.24) is 19.6 Å². The van der Waals surface area contributed by atoms with Gasteiger partial charge in [0.1, 0.15) is 5.82 Å². The van der Waals surface area contributed by atoms with Gasteiger partial charge in [0.25, 0.3) is 0 Å². The summed E-state index contributed by atoms with van der Waals surface area (Å²) in [6.45, 7) is 1.29. The van der Waals surface area contributed by atoms with Crippen molar-refractivity contribution in [2.75, 3.05) is 13.2 Å². The molecule has 39 heavy (non-hydrogen) atoms. The number of nitrogens with zero attached hydrogens (tertiary/aromatic N) is 4. The fourth-order valence-electron chi connectivity index (χ4n) is 6.55. The van der Waals surface area contributed by atoms with Crippen molar-refractivity contribution in [3.8, 4) is 22.4 Å². The maximum Gasteiger partial charge on any atom is 0.172 e. The van der Waals surface area contributed by atoms with Crippen LogP contribution >= 0.6 is 0 Å². The lowest BCUT2D eigenvalue weighted by atomic mass is 9.68. The fraction of sp³-hybridized carbons (Fsp3) is 0.281. The Hall–Kier alpha value is -3.91. The van der Waals surface area contributed by atoms with Gasteiger partial charge in [0.05, 0.1) is 30.0 Å². The number of rotatable bonds is 4. The minimum absolute atomic E-state index is 0.375. The molecule has 0 unspecified atom stereocenters. The normalized spacial score (nSPS) is 19.8. The van der Waals surface area contributed by atoms with E-state index in [1.54, 1.807) is 0 Å². The highest BCUT2D eigenvalue weighted by Crippen LogP contribution is 2.51. The molecule has 0 amide bonds. The first-order valence-electron chi connectivity index (χ1n) is 13.7. The Morgan fingerprint density at radius 2 is 1.59 bits per heavy atom. The molecule has 2 fully saturated rings. The van der Waals surface area contributed by atoms with Crippen LogP contribution in [-0.4, -0.2) is 38.6 Å². The van der Waals surface area contributed by atoms with Crippen LogP contribution in [0.25, 0.3) is 38.9 Å². The largest absolute Gasteiger partial charge is 0.347 e. The molecular weight excluding hydrogens is 486 g/mol. The molecule has 2 aliphatic carbocycles. The third-order valence-corrected chi connectivity index (χ3v) is 8.57. The maximum absolute atomic E-state index is 6.77.